The molecule has 3 heterocycles. The molecule has 1 atom stereocenters. The summed E-state index contributed by atoms with van der Waals surface area (Å²) in [6, 6.07) is 3.61. The molecule has 0 radical (unpaired) electrons. The Morgan fingerprint density at radius 3 is 2.66 bits per heavy atom. The van der Waals surface area contributed by atoms with Crippen LogP contribution in [-0.2, 0) is 21.3 Å². The van der Waals surface area contributed by atoms with Crippen LogP contribution in [0, 0.1) is 11.8 Å². The first kappa shape index (κ1) is 22.5. The molecule has 2 aliphatic heterocycles. The van der Waals surface area contributed by atoms with Crippen molar-refractivity contribution in [2.75, 3.05) is 46.4 Å². The summed E-state index contributed by atoms with van der Waals surface area (Å²) in [4.78, 5) is 7.78. The van der Waals surface area contributed by atoms with Crippen molar-refractivity contribution in [2.45, 2.75) is 43.9 Å². The van der Waals surface area contributed by atoms with E-state index < -0.39 is 10.0 Å². The molecule has 0 saturated carbocycles. The zero-order valence-electron chi connectivity index (χ0n) is 17.8. The first-order chi connectivity index (χ1) is 14.0. The third-order valence-corrected chi connectivity index (χ3v) is 9.52. The van der Waals surface area contributed by atoms with Gasteiger partial charge in [0.15, 0.2) is 5.96 Å². The molecular weight excluding hydrogens is 408 g/mol. The van der Waals surface area contributed by atoms with Gasteiger partial charge in [-0.05, 0) is 30.4 Å². The van der Waals surface area contributed by atoms with Crippen LogP contribution in [0.2, 0.25) is 0 Å². The molecule has 29 heavy (non-hydrogen) atoms. The number of thiophene rings is 1. The zero-order chi connectivity index (χ0) is 20.9. The minimum Gasteiger partial charge on any atom is -0.379 e. The van der Waals surface area contributed by atoms with Crippen LogP contribution < -0.4 is 5.32 Å². The molecule has 0 bridgehead atoms. The molecule has 2 saturated heterocycles. The van der Waals surface area contributed by atoms with Crippen molar-refractivity contribution in [1.82, 2.24) is 14.5 Å². The third kappa shape index (κ3) is 5.31. The van der Waals surface area contributed by atoms with Crippen molar-refractivity contribution in [2.24, 2.45) is 16.8 Å². The first-order valence-corrected chi connectivity index (χ1v) is 12.9. The van der Waals surface area contributed by atoms with Gasteiger partial charge in [0.1, 0.15) is 4.21 Å². The van der Waals surface area contributed by atoms with Gasteiger partial charge >= 0.3 is 0 Å². The number of hydrogen-bond acceptors (Lipinski definition) is 5. The first-order valence-electron chi connectivity index (χ1n) is 10.6. The number of ether oxygens (including phenoxy) is 1. The maximum absolute atomic E-state index is 12.8. The monoisotopic (exact) mass is 442 g/mol. The van der Waals surface area contributed by atoms with Crippen LogP contribution in [0.3, 0.4) is 0 Å². The average molecular weight is 443 g/mol. The maximum Gasteiger partial charge on any atom is 0.252 e. The molecular formula is C20H34N4O3S2. The number of aliphatic imine (C=N–C) groups is 1. The van der Waals surface area contributed by atoms with Crippen molar-refractivity contribution in [1.29, 1.82) is 0 Å². The van der Waals surface area contributed by atoms with Gasteiger partial charge < -0.3 is 15.0 Å². The molecule has 164 valence electrons. The maximum atomic E-state index is 12.8. The van der Waals surface area contributed by atoms with Gasteiger partial charge in [-0.15, -0.1) is 11.3 Å². The number of morpholine rings is 1. The van der Waals surface area contributed by atoms with Crippen LogP contribution in [-0.4, -0.2) is 70.0 Å². The van der Waals surface area contributed by atoms with Gasteiger partial charge in [0.05, 0.1) is 19.8 Å². The van der Waals surface area contributed by atoms with Gasteiger partial charge in [-0.25, -0.2) is 8.42 Å². The second-order valence-electron chi connectivity index (χ2n) is 7.71. The summed E-state index contributed by atoms with van der Waals surface area (Å²) in [6.07, 6.45) is 3.68. The third-order valence-electron chi connectivity index (χ3n) is 6.07. The fourth-order valence-electron chi connectivity index (χ4n) is 4.32. The Balaban J connectivity index is 1.57. The minimum atomic E-state index is -3.42. The Morgan fingerprint density at radius 1 is 1.28 bits per heavy atom. The average Bonchev–Trinajstić information content (AvgIpc) is 3.41. The lowest BCUT2D eigenvalue weighted by atomic mass is 9.87. The van der Waals surface area contributed by atoms with E-state index in [1.54, 1.807) is 6.07 Å². The second kappa shape index (κ2) is 10.2. The molecule has 0 spiro atoms. The summed E-state index contributed by atoms with van der Waals surface area (Å²) < 4.78 is 32.8. The van der Waals surface area contributed by atoms with Crippen molar-refractivity contribution in [3.63, 3.8) is 0 Å². The Hall–Kier alpha value is -1.16. The van der Waals surface area contributed by atoms with Gasteiger partial charge in [-0.2, -0.15) is 4.31 Å². The number of hydrogen-bond donors (Lipinski definition) is 1. The van der Waals surface area contributed by atoms with Crippen LogP contribution in [0.5, 0.6) is 0 Å². The predicted molar refractivity (Wildman–Crippen MR) is 118 cm³/mol. The van der Waals surface area contributed by atoms with E-state index in [0.29, 0.717) is 37.1 Å². The Labute approximate surface area is 179 Å². The molecule has 1 aromatic rings. The number of nitrogens with zero attached hydrogens (tertiary/aromatic N) is 3. The molecule has 3 rings (SSSR count). The molecule has 0 amide bonds. The van der Waals surface area contributed by atoms with E-state index in [1.165, 1.54) is 34.9 Å². The lowest BCUT2D eigenvalue weighted by Crippen LogP contribution is -2.40. The van der Waals surface area contributed by atoms with Crippen molar-refractivity contribution in [3.8, 4) is 0 Å². The smallest absolute Gasteiger partial charge is 0.252 e. The highest BCUT2D eigenvalue weighted by Gasteiger charge is 2.30. The Morgan fingerprint density at radius 2 is 2.00 bits per heavy atom. The van der Waals surface area contributed by atoms with Gasteiger partial charge in [0.2, 0.25) is 0 Å². The van der Waals surface area contributed by atoms with Crippen molar-refractivity contribution < 1.29 is 13.2 Å². The van der Waals surface area contributed by atoms with Crippen LogP contribution in [0.15, 0.2) is 21.3 Å². The van der Waals surface area contributed by atoms with Gasteiger partial charge in [0, 0.05) is 38.1 Å². The molecule has 1 N–H and O–H groups in total. The number of nitrogens with one attached hydrogen (secondary N) is 1. The molecule has 0 aliphatic carbocycles. The summed E-state index contributed by atoms with van der Waals surface area (Å²) in [5.41, 5.74) is 0. The fraction of sp³-hybridized carbons (Fsp3) is 0.750. The van der Waals surface area contributed by atoms with Gasteiger partial charge in [0.25, 0.3) is 10.0 Å². The topological polar surface area (TPSA) is 74.2 Å². The lowest BCUT2D eigenvalue weighted by molar-refractivity contribution is 0.0731. The summed E-state index contributed by atoms with van der Waals surface area (Å²) in [6.45, 7) is 9.00. The van der Waals surface area contributed by atoms with Crippen LogP contribution >= 0.6 is 11.3 Å². The highest BCUT2D eigenvalue weighted by atomic mass is 32.2. The van der Waals surface area contributed by atoms with E-state index in [2.05, 4.69) is 29.1 Å². The van der Waals surface area contributed by atoms with Crippen LogP contribution in [0.1, 0.15) is 38.0 Å². The molecule has 0 aromatic carbocycles. The molecule has 1 unspecified atom stereocenters. The largest absolute Gasteiger partial charge is 0.379 e. The summed E-state index contributed by atoms with van der Waals surface area (Å²) in [5, 5.41) is 3.43. The fourth-order valence-corrected chi connectivity index (χ4v) is 7.18. The normalized spacial score (nSPS) is 21.9. The van der Waals surface area contributed by atoms with Crippen LogP contribution in [0.25, 0.3) is 0 Å². The van der Waals surface area contributed by atoms with Gasteiger partial charge in [-0.1, -0.05) is 26.7 Å². The number of likely N-dealkylation sites (tertiary alicyclic amines) is 1. The number of guanidine groups is 1. The molecule has 2 fully saturated rings. The Bertz CT molecular complexity index is 783. The quantitative estimate of drug-likeness (QED) is 0.519. The highest BCUT2D eigenvalue weighted by molar-refractivity contribution is 7.91. The van der Waals surface area contributed by atoms with Crippen LogP contribution in [0.4, 0.5) is 0 Å². The predicted octanol–water partition coefficient (Wildman–Crippen LogP) is 2.60. The Kier molecular flexibility index (Phi) is 7.95. The summed E-state index contributed by atoms with van der Waals surface area (Å²) >= 11 is 1.33. The number of sulfonamides is 1. The van der Waals surface area contributed by atoms with Crippen molar-refractivity contribution >= 4 is 27.3 Å². The van der Waals surface area contributed by atoms with E-state index in [0.717, 1.165) is 35.8 Å². The summed E-state index contributed by atoms with van der Waals surface area (Å²) in [7, 11) is -1.61. The van der Waals surface area contributed by atoms with Gasteiger partial charge in [-0.3, -0.25) is 4.99 Å². The van der Waals surface area contributed by atoms with E-state index in [-0.39, 0.29) is 0 Å². The van der Waals surface area contributed by atoms with E-state index in [9.17, 15) is 8.42 Å². The highest BCUT2D eigenvalue weighted by Crippen LogP contribution is 2.29. The van der Waals surface area contributed by atoms with Crippen molar-refractivity contribution in [3.05, 3.63) is 17.0 Å². The second-order valence-corrected chi connectivity index (χ2v) is 11.0. The zero-order valence-corrected chi connectivity index (χ0v) is 19.4. The minimum absolute atomic E-state index is 0.404. The summed E-state index contributed by atoms with van der Waals surface area (Å²) in [5.74, 6) is 2.42. The van der Waals surface area contributed by atoms with E-state index >= 15 is 0 Å². The van der Waals surface area contributed by atoms with E-state index in [4.69, 9.17) is 4.74 Å². The molecule has 9 heteroatoms. The standard InChI is InChI=1S/C20H34N4O3S2/c1-4-16(5-2)17-8-9-23(15-17)20(21-3)22-14-18-6-7-19(28-18)29(25,26)24-10-12-27-13-11-24/h6-7,16-17H,4-5,8-15H2,1-3H3,(H,21,22). The number of rotatable bonds is 7. The molecule has 1 aromatic heterocycles. The lowest BCUT2D eigenvalue weighted by Gasteiger charge is -2.25. The van der Waals surface area contributed by atoms with E-state index in [1.807, 2.05) is 13.1 Å². The SMILES string of the molecule is CCC(CC)C1CCN(C(=NC)NCc2ccc(S(=O)(=O)N3CCOCC3)s2)C1. The molecule has 7 nitrogen and oxygen atoms in total. The molecule has 2 aliphatic rings.